The Morgan fingerprint density at radius 3 is 3.00 bits per heavy atom. The van der Waals surface area contributed by atoms with E-state index in [2.05, 4.69) is 0 Å². The minimum absolute atomic E-state index is 0.0219. The van der Waals surface area contributed by atoms with Crippen LogP contribution in [0.4, 0.5) is 0 Å². The maximum atomic E-state index is 11.1. The molecule has 0 spiro atoms. The third-order valence-electron chi connectivity index (χ3n) is 2.22. The zero-order valence-electron chi connectivity index (χ0n) is 8.51. The summed E-state index contributed by atoms with van der Waals surface area (Å²) < 4.78 is 21.6. The van der Waals surface area contributed by atoms with E-state index in [0.29, 0.717) is 0 Å². The monoisotopic (exact) mass is 238 g/mol. The molecule has 0 bridgehead atoms. The van der Waals surface area contributed by atoms with Crippen molar-refractivity contribution in [2.45, 2.75) is 31.4 Å². The summed E-state index contributed by atoms with van der Waals surface area (Å²) in [6, 6.07) is 0.240. The molecule has 1 aliphatic heterocycles. The van der Waals surface area contributed by atoms with Gasteiger partial charge in [-0.25, -0.2) is 4.57 Å². The Bertz CT molecular complexity index is 228. The van der Waals surface area contributed by atoms with Gasteiger partial charge in [-0.3, -0.25) is 4.52 Å². The molecule has 1 rings (SSSR count). The second-order valence-corrected chi connectivity index (χ2v) is 7.49. The first-order valence-corrected chi connectivity index (χ1v) is 8.13. The summed E-state index contributed by atoms with van der Waals surface area (Å²) in [6.07, 6.45) is 4.62. The lowest BCUT2D eigenvalue weighted by atomic mass is 9.91. The lowest BCUT2D eigenvalue weighted by Gasteiger charge is -2.28. The summed E-state index contributed by atoms with van der Waals surface area (Å²) in [5.41, 5.74) is 0. The predicted molar refractivity (Wildman–Crippen MR) is 60.3 cm³/mol. The summed E-state index contributed by atoms with van der Waals surface area (Å²) in [7, 11) is 2.01. The summed E-state index contributed by atoms with van der Waals surface area (Å²) in [6.45, 7) is -3.20. The SMILES string of the molecule is B[C@H]1CCC[C@@H](COP(=O)(O)SC)O1. The molecule has 4 nitrogen and oxygen atoms in total. The van der Waals surface area contributed by atoms with Crippen LogP contribution in [-0.2, 0) is 13.8 Å². The first kappa shape index (κ1) is 12.6. The first-order valence-electron chi connectivity index (χ1n) is 4.72. The highest BCUT2D eigenvalue weighted by molar-refractivity contribution is 8.54. The average molecular weight is 238 g/mol. The van der Waals surface area contributed by atoms with Crippen molar-refractivity contribution in [1.82, 2.24) is 0 Å². The second kappa shape index (κ2) is 5.57. The van der Waals surface area contributed by atoms with E-state index in [1.807, 2.05) is 7.85 Å². The third-order valence-corrected chi connectivity index (χ3v) is 4.85. The standard InChI is InChI=1S/C7H16BO4PS/c1-14-13(9,10)11-5-6-3-2-4-7(8)12-6/h6-7H,2-5,8H2,1H3,(H,9,10)/t6-,7+/m0/s1. The minimum atomic E-state index is -3.42. The van der Waals surface area contributed by atoms with E-state index in [1.54, 1.807) is 6.26 Å². The maximum Gasteiger partial charge on any atom is 0.386 e. The fourth-order valence-corrected chi connectivity index (χ4v) is 2.41. The second-order valence-electron chi connectivity index (χ2n) is 3.45. The van der Waals surface area contributed by atoms with Crippen LogP contribution < -0.4 is 0 Å². The fraction of sp³-hybridized carbons (Fsp3) is 1.00. The normalized spacial score (nSPS) is 32.4. The van der Waals surface area contributed by atoms with Gasteiger partial charge < -0.3 is 9.63 Å². The highest BCUT2D eigenvalue weighted by Crippen LogP contribution is 2.54. The summed E-state index contributed by atoms with van der Waals surface area (Å²) in [5.74, 6) is 0. The van der Waals surface area contributed by atoms with Gasteiger partial charge in [-0.1, -0.05) is 0 Å². The highest BCUT2D eigenvalue weighted by Gasteiger charge is 2.24. The molecule has 1 unspecified atom stereocenters. The van der Waals surface area contributed by atoms with Gasteiger partial charge in [0.05, 0.1) is 12.7 Å². The molecule has 1 saturated heterocycles. The van der Waals surface area contributed by atoms with Gasteiger partial charge in [0.15, 0.2) is 0 Å². The van der Waals surface area contributed by atoms with Crippen LogP contribution in [0, 0.1) is 0 Å². The molecule has 1 fully saturated rings. The Kier molecular flexibility index (Phi) is 5.01. The molecule has 82 valence electrons. The van der Waals surface area contributed by atoms with E-state index < -0.39 is 6.80 Å². The molecule has 3 atom stereocenters. The molecule has 0 aromatic rings. The van der Waals surface area contributed by atoms with Gasteiger partial charge in [0.25, 0.3) is 0 Å². The Labute approximate surface area is 89.4 Å². The van der Waals surface area contributed by atoms with Gasteiger partial charge >= 0.3 is 6.80 Å². The van der Waals surface area contributed by atoms with E-state index in [-0.39, 0.29) is 18.7 Å². The number of ether oxygens (including phenoxy) is 1. The van der Waals surface area contributed by atoms with E-state index in [0.717, 1.165) is 30.6 Å². The predicted octanol–water partition coefficient (Wildman–Crippen LogP) is 0.995. The number of hydrogen-bond donors (Lipinski definition) is 1. The Hall–Kier alpha value is 0.525. The topological polar surface area (TPSA) is 55.8 Å². The molecule has 0 saturated carbocycles. The molecular weight excluding hydrogens is 222 g/mol. The minimum Gasteiger partial charge on any atom is -0.382 e. The third kappa shape index (κ3) is 4.36. The van der Waals surface area contributed by atoms with Crippen LogP contribution in [0.3, 0.4) is 0 Å². The van der Waals surface area contributed by atoms with Crippen LogP contribution in [0.1, 0.15) is 19.3 Å². The van der Waals surface area contributed by atoms with Crippen LogP contribution >= 0.6 is 18.2 Å². The van der Waals surface area contributed by atoms with Gasteiger partial charge in [0, 0.05) is 6.00 Å². The molecule has 0 aromatic carbocycles. The largest absolute Gasteiger partial charge is 0.386 e. The lowest BCUT2D eigenvalue weighted by molar-refractivity contribution is -0.0323. The number of hydrogen-bond acceptors (Lipinski definition) is 4. The Balaban J connectivity index is 2.27. The van der Waals surface area contributed by atoms with Crippen molar-refractivity contribution >= 4 is 26.0 Å². The van der Waals surface area contributed by atoms with Crippen LogP contribution in [0.5, 0.6) is 0 Å². The quantitative estimate of drug-likeness (QED) is 0.584. The highest BCUT2D eigenvalue weighted by atomic mass is 32.7. The molecule has 1 aliphatic rings. The molecule has 0 amide bonds. The van der Waals surface area contributed by atoms with Crippen molar-refractivity contribution in [3.63, 3.8) is 0 Å². The maximum absolute atomic E-state index is 11.1. The Morgan fingerprint density at radius 2 is 2.43 bits per heavy atom. The van der Waals surface area contributed by atoms with Gasteiger partial charge in [-0.05, 0) is 36.9 Å². The van der Waals surface area contributed by atoms with Crippen LogP contribution in [-0.4, -0.2) is 37.7 Å². The average Bonchev–Trinajstić information content (AvgIpc) is 2.15. The lowest BCUT2D eigenvalue weighted by Crippen LogP contribution is -2.30. The van der Waals surface area contributed by atoms with Crippen LogP contribution in [0.2, 0.25) is 0 Å². The smallest absolute Gasteiger partial charge is 0.382 e. The van der Waals surface area contributed by atoms with Crippen LogP contribution in [0.15, 0.2) is 0 Å². The fourth-order valence-electron chi connectivity index (χ4n) is 1.45. The van der Waals surface area contributed by atoms with Crippen molar-refractivity contribution in [2.75, 3.05) is 12.9 Å². The summed E-state index contributed by atoms with van der Waals surface area (Å²) in [4.78, 5) is 9.16. The van der Waals surface area contributed by atoms with E-state index >= 15 is 0 Å². The first-order chi connectivity index (χ1) is 6.53. The molecular formula is C7H16BO4PS. The van der Waals surface area contributed by atoms with Crippen molar-refractivity contribution < 1.29 is 18.7 Å². The van der Waals surface area contributed by atoms with Gasteiger partial charge in [0.2, 0.25) is 0 Å². The zero-order valence-corrected chi connectivity index (χ0v) is 10.2. The van der Waals surface area contributed by atoms with Crippen LogP contribution in [0.25, 0.3) is 0 Å². The van der Waals surface area contributed by atoms with Gasteiger partial charge in [-0.2, -0.15) is 0 Å². The zero-order chi connectivity index (χ0) is 10.6. The van der Waals surface area contributed by atoms with Gasteiger partial charge in [-0.15, -0.1) is 0 Å². The Morgan fingerprint density at radius 1 is 1.71 bits per heavy atom. The molecule has 0 aromatic heterocycles. The van der Waals surface area contributed by atoms with E-state index in [9.17, 15) is 4.57 Å². The van der Waals surface area contributed by atoms with Gasteiger partial charge in [0.1, 0.15) is 7.85 Å². The molecule has 0 aliphatic carbocycles. The van der Waals surface area contributed by atoms with Crippen molar-refractivity contribution in [2.24, 2.45) is 0 Å². The summed E-state index contributed by atoms with van der Waals surface area (Å²) in [5, 5.41) is 0. The van der Waals surface area contributed by atoms with E-state index in [1.165, 1.54) is 0 Å². The molecule has 0 radical (unpaired) electrons. The number of rotatable bonds is 4. The van der Waals surface area contributed by atoms with Crippen molar-refractivity contribution in [3.8, 4) is 0 Å². The molecule has 7 heteroatoms. The molecule has 14 heavy (non-hydrogen) atoms. The molecule has 1 N–H and O–H groups in total. The van der Waals surface area contributed by atoms with E-state index in [4.69, 9.17) is 14.2 Å². The van der Waals surface area contributed by atoms with Crippen molar-refractivity contribution in [1.29, 1.82) is 0 Å². The molecule has 1 heterocycles. The van der Waals surface area contributed by atoms with Crippen molar-refractivity contribution in [3.05, 3.63) is 0 Å². The summed E-state index contributed by atoms with van der Waals surface area (Å²) >= 11 is 0.850.